The Bertz CT molecular complexity index is 590. The van der Waals surface area contributed by atoms with Gasteiger partial charge in [0.15, 0.2) is 0 Å². The topological polar surface area (TPSA) is 28.2 Å². The van der Waals surface area contributed by atoms with Crippen molar-refractivity contribution in [3.8, 4) is 0 Å². The molecule has 3 rings (SSSR count). The van der Waals surface area contributed by atoms with E-state index in [1.807, 2.05) is 12.3 Å². The molecule has 0 radical (unpaired) electrons. The highest BCUT2D eigenvalue weighted by atomic mass is 19.1. The quantitative estimate of drug-likeness (QED) is 0.938. The highest BCUT2D eigenvalue weighted by molar-refractivity contribution is 5.44. The second kappa shape index (κ2) is 6.83. The van der Waals surface area contributed by atoms with Crippen molar-refractivity contribution in [3.63, 3.8) is 0 Å². The van der Waals surface area contributed by atoms with Crippen molar-refractivity contribution >= 4 is 5.69 Å². The molecule has 0 spiro atoms. The van der Waals surface area contributed by atoms with Gasteiger partial charge in [-0.05, 0) is 36.6 Å². The van der Waals surface area contributed by atoms with Crippen molar-refractivity contribution in [2.75, 3.05) is 18.4 Å². The summed E-state index contributed by atoms with van der Waals surface area (Å²) in [5.74, 6) is -1.09. The number of likely N-dealkylation sites (tertiary alicyclic amines) is 1. The van der Waals surface area contributed by atoms with E-state index in [-0.39, 0.29) is 6.04 Å². The maximum absolute atomic E-state index is 13.2. The summed E-state index contributed by atoms with van der Waals surface area (Å²) < 4.78 is 26.4. The Kier molecular flexibility index (Phi) is 4.63. The summed E-state index contributed by atoms with van der Waals surface area (Å²) in [6, 6.07) is 7.85. The lowest BCUT2D eigenvalue weighted by atomic mass is 10.0. The van der Waals surface area contributed by atoms with Gasteiger partial charge in [0.1, 0.15) is 11.6 Å². The highest BCUT2D eigenvalue weighted by Gasteiger charge is 2.19. The lowest BCUT2D eigenvalue weighted by Gasteiger charge is -2.32. The monoisotopic (exact) mass is 303 g/mol. The third-order valence-corrected chi connectivity index (χ3v) is 3.95. The average molecular weight is 303 g/mol. The molecule has 0 amide bonds. The maximum Gasteiger partial charge on any atom is 0.128 e. The van der Waals surface area contributed by atoms with Crippen LogP contribution in [0.1, 0.15) is 18.4 Å². The molecule has 0 bridgehead atoms. The lowest BCUT2D eigenvalue weighted by molar-refractivity contribution is 0.211. The number of nitrogens with zero attached hydrogens (tertiary/aromatic N) is 2. The first-order valence-corrected chi connectivity index (χ1v) is 7.53. The number of pyridine rings is 1. The van der Waals surface area contributed by atoms with Gasteiger partial charge in [-0.15, -0.1) is 0 Å². The number of halogens is 2. The number of benzene rings is 1. The van der Waals surface area contributed by atoms with E-state index in [0.29, 0.717) is 5.69 Å². The smallest absolute Gasteiger partial charge is 0.128 e. The van der Waals surface area contributed by atoms with Crippen LogP contribution in [0.3, 0.4) is 0 Å². The Morgan fingerprint density at radius 1 is 1.14 bits per heavy atom. The van der Waals surface area contributed by atoms with Gasteiger partial charge in [-0.25, -0.2) is 8.78 Å². The number of hydrogen-bond acceptors (Lipinski definition) is 3. The summed E-state index contributed by atoms with van der Waals surface area (Å²) >= 11 is 0. The van der Waals surface area contributed by atoms with Crippen LogP contribution in [-0.4, -0.2) is 29.0 Å². The number of nitrogens with one attached hydrogen (secondary N) is 1. The number of hydrogen-bond donors (Lipinski definition) is 1. The van der Waals surface area contributed by atoms with Crippen molar-refractivity contribution in [2.45, 2.75) is 25.4 Å². The third kappa shape index (κ3) is 4.01. The number of anilines is 1. The summed E-state index contributed by atoms with van der Waals surface area (Å²) in [7, 11) is 0. The van der Waals surface area contributed by atoms with Crippen LogP contribution in [0.25, 0.3) is 0 Å². The Balaban J connectivity index is 1.51. The summed E-state index contributed by atoms with van der Waals surface area (Å²) in [5.41, 5.74) is 1.73. The van der Waals surface area contributed by atoms with Crippen LogP contribution in [-0.2, 0) is 6.54 Å². The predicted octanol–water partition coefficient (Wildman–Crippen LogP) is 3.44. The van der Waals surface area contributed by atoms with Gasteiger partial charge < -0.3 is 5.32 Å². The van der Waals surface area contributed by atoms with Gasteiger partial charge in [0.2, 0.25) is 0 Å². The first kappa shape index (κ1) is 14.9. The van der Waals surface area contributed by atoms with E-state index in [0.717, 1.165) is 38.5 Å². The van der Waals surface area contributed by atoms with Crippen LogP contribution in [0.15, 0.2) is 42.7 Å². The van der Waals surface area contributed by atoms with Crippen molar-refractivity contribution < 1.29 is 8.78 Å². The molecular formula is C17H19F2N3. The van der Waals surface area contributed by atoms with Crippen molar-refractivity contribution in [3.05, 3.63) is 59.9 Å². The summed E-state index contributed by atoms with van der Waals surface area (Å²) in [6.45, 7) is 2.82. The van der Waals surface area contributed by atoms with Crippen LogP contribution in [0.4, 0.5) is 14.5 Å². The zero-order valence-electron chi connectivity index (χ0n) is 12.3. The molecule has 3 nitrogen and oxygen atoms in total. The van der Waals surface area contributed by atoms with Gasteiger partial charge >= 0.3 is 0 Å². The van der Waals surface area contributed by atoms with Gasteiger partial charge in [-0.3, -0.25) is 9.88 Å². The van der Waals surface area contributed by atoms with E-state index in [4.69, 9.17) is 0 Å². The minimum Gasteiger partial charge on any atom is -0.382 e. The van der Waals surface area contributed by atoms with E-state index < -0.39 is 11.6 Å². The molecule has 22 heavy (non-hydrogen) atoms. The van der Waals surface area contributed by atoms with Crippen LogP contribution in [0, 0.1) is 11.6 Å². The fraction of sp³-hybridized carbons (Fsp3) is 0.353. The fourth-order valence-corrected chi connectivity index (χ4v) is 2.86. The molecule has 1 aromatic heterocycles. The largest absolute Gasteiger partial charge is 0.382 e. The lowest BCUT2D eigenvalue weighted by Crippen LogP contribution is -2.38. The number of piperidine rings is 1. The molecule has 0 aliphatic carbocycles. The summed E-state index contributed by atoms with van der Waals surface area (Å²) in [4.78, 5) is 6.50. The zero-order valence-corrected chi connectivity index (χ0v) is 12.3. The normalized spacial score (nSPS) is 16.6. The predicted molar refractivity (Wildman–Crippen MR) is 82.5 cm³/mol. The van der Waals surface area contributed by atoms with E-state index in [1.165, 1.54) is 17.7 Å². The Hall–Kier alpha value is -2.01. The molecule has 0 unspecified atom stereocenters. The van der Waals surface area contributed by atoms with Crippen molar-refractivity contribution in [1.29, 1.82) is 0 Å². The molecule has 1 aliphatic rings. The molecule has 1 aromatic carbocycles. The van der Waals surface area contributed by atoms with Crippen LogP contribution >= 0.6 is 0 Å². The van der Waals surface area contributed by atoms with Gasteiger partial charge in [0, 0.05) is 49.8 Å². The number of rotatable bonds is 4. The van der Waals surface area contributed by atoms with E-state index >= 15 is 0 Å². The summed E-state index contributed by atoms with van der Waals surface area (Å²) in [6.07, 6.45) is 5.58. The molecule has 1 N–H and O–H groups in total. The maximum atomic E-state index is 13.2. The Morgan fingerprint density at radius 3 is 2.50 bits per heavy atom. The van der Waals surface area contributed by atoms with Crippen LogP contribution in [0.5, 0.6) is 0 Å². The highest BCUT2D eigenvalue weighted by Crippen LogP contribution is 2.19. The minimum atomic E-state index is -0.545. The van der Waals surface area contributed by atoms with Crippen molar-refractivity contribution in [2.24, 2.45) is 0 Å². The zero-order chi connectivity index (χ0) is 15.4. The molecule has 1 aliphatic heterocycles. The second-order valence-corrected chi connectivity index (χ2v) is 5.71. The molecule has 2 heterocycles. The molecule has 2 aromatic rings. The first-order valence-electron chi connectivity index (χ1n) is 7.53. The van der Waals surface area contributed by atoms with Gasteiger partial charge in [0.05, 0.1) is 0 Å². The van der Waals surface area contributed by atoms with Crippen LogP contribution < -0.4 is 5.32 Å². The van der Waals surface area contributed by atoms with Gasteiger partial charge in [0.25, 0.3) is 0 Å². The van der Waals surface area contributed by atoms with E-state index in [9.17, 15) is 8.78 Å². The minimum absolute atomic E-state index is 0.256. The SMILES string of the molecule is Fc1cc(F)cc(NC2CCN(Cc3cccnc3)CC2)c1. The first-order chi connectivity index (χ1) is 10.7. The van der Waals surface area contributed by atoms with Crippen molar-refractivity contribution in [1.82, 2.24) is 9.88 Å². The Labute approximate surface area is 129 Å². The number of aromatic nitrogens is 1. The second-order valence-electron chi connectivity index (χ2n) is 5.71. The van der Waals surface area contributed by atoms with Gasteiger partial charge in [-0.1, -0.05) is 6.07 Å². The Morgan fingerprint density at radius 2 is 1.86 bits per heavy atom. The third-order valence-electron chi connectivity index (χ3n) is 3.95. The van der Waals surface area contributed by atoms with Gasteiger partial charge in [-0.2, -0.15) is 0 Å². The average Bonchev–Trinajstić information content (AvgIpc) is 2.49. The summed E-state index contributed by atoms with van der Waals surface area (Å²) in [5, 5.41) is 3.23. The fourth-order valence-electron chi connectivity index (χ4n) is 2.86. The molecule has 0 saturated carbocycles. The van der Waals surface area contributed by atoms with E-state index in [2.05, 4.69) is 21.3 Å². The molecule has 116 valence electrons. The molecule has 1 saturated heterocycles. The molecule has 1 fully saturated rings. The molecule has 0 atom stereocenters. The molecule has 5 heteroatoms. The molecular weight excluding hydrogens is 284 g/mol. The van der Waals surface area contributed by atoms with E-state index in [1.54, 1.807) is 6.20 Å². The standard InChI is InChI=1S/C17H19F2N3/c18-14-8-15(19)10-17(9-14)21-16-3-6-22(7-4-16)12-13-2-1-5-20-11-13/h1-2,5,8-11,16,21H,3-4,6-7,12H2. The van der Waals surface area contributed by atoms with Crippen LogP contribution in [0.2, 0.25) is 0 Å².